The van der Waals surface area contributed by atoms with Crippen LogP contribution in [0.4, 0.5) is 0 Å². The molecule has 0 radical (unpaired) electrons. The Morgan fingerprint density at radius 1 is 0.341 bits per heavy atom. The average molecular weight is 1260 g/mol. The van der Waals surface area contributed by atoms with Gasteiger partial charge in [-0.1, -0.05) is 273 Å². The minimum Gasteiger partial charge on any atom is -0.462 e. The maximum absolute atomic E-state index is 13.0. The minimum atomic E-state index is -4.95. The summed E-state index contributed by atoms with van der Waals surface area (Å²) < 4.78 is 68.0. The molecule has 0 aromatic heterocycles. The summed E-state index contributed by atoms with van der Waals surface area (Å²) >= 11 is 0. The fourth-order valence-corrected chi connectivity index (χ4v) is 11.4. The van der Waals surface area contributed by atoms with Gasteiger partial charge in [-0.3, -0.25) is 37.3 Å². The van der Waals surface area contributed by atoms with Crippen LogP contribution in [-0.4, -0.2) is 96.7 Å². The Morgan fingerprint density at radius 3 is 0.894 bits per heavy atom. The molecule has 0 amide bonds. The van der Waals surface area contributed by atoms with Crippen molar-refractivity contribution in [3.63, 3.8) is 0 Å². The topological polar surface area (TPSA) is 237 Å². The Labute approximate surface area is 517 Å². The summed E-state index contributed by atoms with van der Waals surface area (Å²) in [6.07, 6.45) is 39.1. The molecule has 504 valence electrons. The quantitative estimate of drug-likeness (QED) is 0.0222. The molecule has 6 atom stereocenters. The smallest absolute Gasteiger partial charge is 0.462 e. The van der Waals surface area contributed by atoms with Crippen LogP contribution in [0.1, 0.15) is 325 Å². The minimum absolute atomic E-state index is 0.102. The highest BCUT2D eigenvalue weighted by Gasteiger charge is 2.30. The molecule has 17 nitrogen and oxygen atoms in total. The summed E-state index contributed by atoms with van der Waals surface area (Å²) in [7, 11) is -9.89. The highest BCUT2D eigenvalue weighted by atomic mass is 31.2. The lowest BCUT2D eigenvalue weighted by molar-refractivity contribution is -0.161. The molecule has 0 heterocycles. The molecule has 0 saturated heterocycles. The summed E-state index contributed by atoms with van der Waals surface area (Å²) in [5, 5.41) is 10.5. The molecule has 0 rings (SSSR count). The van der Waals surface area contributed by atoms with Crippen LogP contribution in [0, 0.1) is 17.8 Å². The van der Waals surface area contributed by atoms with Crippen LogP contribution < -0.4 is 0 Å². The number of esters is 4. The molecule has 0 aliphatic rings. The standard InChI is InChI=1S/C66H128O17P2/c1-8-10-11-12-23-33-40-47-63(68)76-53-62(83-66(71)50-43-36-29-28-32-39-46-59(7)9-2)56-81-85(74,75)79-52-60(67)51-78-84(72,73)80-55-61(54-77-64(69)48-41-34-26-22-18-20-25-31-38-45-58(5)6)82-65(70)49-42-35-27-21-17-15-13-14-16-19-24-30-37-44-57(3)4/h57-62,67H,8-56H2,1-7H3,(H,72,73)(H,74,75)/t59?,60-,61-,62-/m1/s1. The van der Waals surface area contributed by atoms with Crippen molar-refractivity contribution in [2.75, 3.05) is 39.6 Å². The van der Waals surface area contributed by atoms with E-state index in [4.69, 9.17) is 37.0 Å². The molecule has 0 fully saturated rings. The molecule has 0 aromatic rings. The summed E-state index contributed by atoms with van der Waals surface area (Å²) in [5.41, 5.74) is 0. The number of aliphatic hydroxyl groups is 1. The third kappa shape index (κ3) is 59.5. The van der Waals surface area contributed by atoms with Crippen molar-refractivity contribution in [1.29, 1.82) is 0 Å². The van der Waals surface area contributed by atoms with E-state index in [0.717, 1.165) is 120 Å². The van der Waals surface area contributed by atoms with E-state index in [0.29, 0.717) is 25.7 Å². The van der Waals surface area contributed by atoms with E-state index in [-0.39, 0.29) is 25.7 Å². The normalized spacial score (nSPS) is 14.6. The highest BCUT2D eigenvalue weighted by Crippen LogP contribution is 2.45. The summed E-state index contributed by atoms with van der Waals surface area (Å²) in [6, 6.07) is 0. The molecular weight excluding hydrogens is 1130 g/mol. The number of ether oxygens (including phenoxy) is 4. The summed E-state index contributed by atoms with van der Waals surface area (Å²) in [5.74, 6) is 0.112. The van der Waals surface area contributed by atoms with Gasteiger partial charge in [0.15, 0.2) is 12.2 Å². The molecular formula is C66H128O17P2. The van der Waals surface area contributed by atoms with Crippen LogP contribution in [0.15, 0.2) is 0 Å². The third-order valence-electron chi connectivity index (χ3n) is 15.5. The number of hydrogen-bond acceptors (Lipinski definition) is 15. The number of carbonyl (C=O) groups excluding carboxylic acids is 4. The van der Waals surface area contributed by atoms with Crippen LogP contribution in [0.3, 0.4) is 0 Å². The van der Waals surface area contributed by atoms with Gasteiger partial charge in [0.25, 0.3) is 0 Å². The predicted molar refractivity (Wildman–Crippen MR) is 340 cm³/mol. The molecule has 0 bridgehead atoms. The Bertz CT molecular complexity index is 1680. The number of unbranched alkanes of at least 4 members (excludes halogenated alkanes) is 31. The van der Waals surface area contributed by atoms with Gasteiger partial charge in [0.1, 0.15) is 19.3 Å². The number of hydrogen-bond donors (Lipinski definition) is 3. The van der Waals surface area contributed by atoms with E-state index in [1.807, 2.05) is 0 Å². The number of aliphatic hydroxyl groups excluding tert-OH is 1. The fraction of sp³-hybridized carbons (Fsp3) is 0.939. The van der Waals surface area contributed by atoms with Gasteiger partial charge >= 0.3 is 39.5 Å². The maximum Gasteiger partial charge on any atom is 0.472 e. The van der Waals surface area contributed by atoms with E-state index in [2.05, 4.69) is 48.5 Å². The van der Waals surface area contributed by atoms with E-state index in [1.54, 1.807) is 0 Å². The number of phosphoric ester groups is 2. The molecule has 3 N–H and O–H groups in total. The van der Waals surface area contributed by atoms with Gasteiger partial charge in [0.05, 0.1) is 26.4 Å². The van der Waals surface area contributed by atoms with Crippen molar-refractivity contribution in [3.8, 4) is 0 Å². The Balaban J connectivity index is 5.22. The van der Waals surface area contributed by atoms with Gasteiger partial charge in [0.2, 0.25) is 0 Å². The summed E-state index contributed by atoms with van der Waals surface area (Å²) in [4.78, 5) is 72.2. The van der Waals surface area contributed by atoms with E-state index >= 15 is 0 Å². The van der Waals surface area contributed by atoms with Crippen LogP contribution in [0.25, 0.3) is 0 Å². The average Bonchev–Trinajstić information content (AvgIpc) is 3.50. The van der Waals surface area contributed by atoms with Gasteiger partial charge < -0.3 is 33.8 Å². The molecule has 85 heavy (non-hydrogen) atoms. The first-order chi connectivity index (χ1) is 40.8. The van der Waals surface area contributed by atoms with Crippen LogP contribution in [0.5, 0.6) is 0 Å². The lowest BCUT2D eigenvalue weighted by Gasteiger charge is -2.21. The van der Waals surface area contributed by atoms with Crippen LogP contribution in [-0.2, 0) is 65.4 Å². The number of phosphoric acid groups is 2. The zero-order chi connectivity index (χ0) is 63.1. The Kier molecular flexibility index (Phi) is 55.9. The first-order valence-electron chi connectivity index (χ1n) is 34.4. The van der Waals surface area contributed by atoms with Crippen molar-refractivity contribution in [3.05, 3.63) is 0 Å². The van der Waals surface area contributed by atoms with Crippen molar-refractivity contribution in [2.24, 2.45) is 17.8 Å². The second kappa shape index (κ2) is 57.2. The van der Waals surface area contributed by atoms with Crippen molar-refractivity contribution in [2.45, 2.75) is 343 Å². The first kappa shape index (κ1) is 83.1. The van der Waals surface area contributed by atoms with Gasteiger partial charge in [-0.25, -0.2) is 9.13 Å². The molecule has 3 unspecified atom stereocenters. The van der Waals surface area contributed by atoms with E-state index in [1.165, 1.54) is 122 Å². The summed E-state index contributed by atoms with van der Waals surface area (Å²) in [6.45, 7) is 11.7. The second-order valence-corrected chi connectivity index (χ2v) is 28.0. The van der Waals surface area contributed by atoms with Gasteiger partial charge in [0, 0.05) is 25.7 Å². The fourth-order valence-electron chi connectivity index (χ4n) is 9.80. The molecule has 0 aliphatic carbocycles. The maximum atomic E-state index is 13.0. The third-order valence-corrected chi connectivity index (χ3v) is 17.4. The number of carbonyl (C=O) groups is 4. The second-order valence-electron chi connectivity index (χ2n) is 25.1. The largest absolute Gasteiger partial charge is 0.472 e. The highest BCUT2D eigenvalue weighted by molar-refractivity contribution is 7.47. The lowest BCUT2D eigenvalue weighted by atomic mass is 10.00. The van der Waals surface area contributed by atoms with Gasteiger partial charge in [-0.15, -0.1) is 0 Å². The van der Waals surface area contributed by atoms with Crippen molar-refractivity contribution in [1.82, 2.24) is 0 Å². The van der Waals surface area contributed by atoms with Gasteiger partial charge in [-0.05, 0) is 43.4 Å². The monoisotopic (exact) mass is 1250 g/mol. The van der Waals surface area contributed by atoms with Crippen molar-refractivity contribution >= 4 is 39.5 Å². The molecule has 0 spiro atoms. The zero-order valence-corrected chi connectivity index (χ0v) is 56.9. The molecule has 19 heteroatoms. The van der Waals surface area contributed by atoms with Crippen molar-refractivity contribution < 1.29 is 80.2 Å². The Morgan fingerprint density at radius 2 is 0.600 bits per heavy atom. The van der Waals surface area contributed by atoms with E-state index in [9.17, 15) is 43.2 Å². The van der Waals surface area contributed by atoms with E-state index < -0.39 is 97.5 Å². The predicted octanol–water partition coefficient (Wildman–Crippen LogP) is 18.3. The van der Waals surface area contributed by atoms with Crippen LogP contribution >= 0.6 is 15.6 Å². The van der Waals surface area contributed by atoms with Gasteiger partial charge in [-0.2, -0.15) is 0 Å². The molecule has 0 saturated carbocycles. The zero-order valence-electron chi connectivity index (χ0n) is 55.1. The SMILES string of the molecule is CCCCCCCCCC(=O)OC[C@H](COP(=O)(O)OC[C@H](O)COP(=O)(O)OC[C@@H](COC(=O)CCCCCCCCCCCC(C)C)OC(=O)CCCCCCCCCCCCCCCC(C)C)OC(=O)CCCCCCCCC(C)CC. The molecule has 0 aliphatic heterocycles. The lowest BCUT2D eigenvalue weighted by Crippen LogP contribution is -2.30. The first-order valence-corrected chi connectivity index (χ1v) is 37.4. The molecule has 0 aromatic carbocycles. The van der Waals surface area contributed by atoms with Crippen LogP contribution in [0.2, 0.25) is 0 Å². The number of rotatable bonds is 64. The Hall–Kier alpha value is -1.94.